The van der Waals surface area contributed by atoms with Gasteiger partial charge in [-0.25, -0.2) is 0 Å². The van der Waals surface area contributed by atoms with Crippen molar-refractivity contribution in [1.82, 2.24) is 9.78 Å². The first-order valence-corrected chi connectivity index (χ1v) is 6.15. The van der Waals surface area contributed by atoms with Gasteiger partial charge < -0.3 is 14.8 Å². The molecule has 1 N–H and O–H groups in total. The quantitative estimate of drug-likeness (QED) is 0.940. The second kappa shape index (κ2) is 5.83. The van der Waals surface area contributed by atoms with Crippen molar-refractivity contribution in [3.05, 3.63) is 35.1 Å². The number of methoxy groups -OCH3 is 2. The Balaban J connectivity index is 2.31. The van der Waals surface area contributed by atoms with Crippen LogP contribution >= 0.6 is 11.6 Å². The molecule has 0 aliphatic heterocycles. The first kappa shape index (κ1) is 14.2. The summed E-state index contributed by atoms with van der Waals surface area (Å²) in [6, 6.07) is 4.81. The number of benzene rings is 1. The molecule has 1 amide bonds. The third-order valence-corrected chi connectivity index (χ3v) is 3.07. The number of halogens is 1. The van der Waals surface area contributed by atoms with Crippen LogP contribution in [0.1, 0.15) is 10.5 Å². The van der Waals surface area contributed by atoms with E-state index >= 15 is 0 Å². The molecule has 0 saturated heterocycles. The fraction of sp³-hybridized carbons (Fsp3) is 0.231. The summed E-state index contributed by atoms with van der Waals surface area (Å²) in [4.78, 5) is 12.1. The molecule has 0 radical (unpaired) electrons. The van der Waals surface area contributed by atoms with Crippen LogP contribution in [-0.4, -0.2) is 29.9 Å². The molecule has 0 fully saturated rings. The van der Waals surface area contributed by atoms with Gasteiger partial charge in [-0.05, 0) is 12.1 Å². The zero-order valence-electron chi connectivity index (χ0n) is 11.3. The van der Waals surface area contributed by atoms with E-state index in [0.717, 1.165) is 0 Å². The van der Waals surface area contributed by atoms with Gasteiger partial charge >= 0.3 is 0 Å². The smallest absolute Gasteiger partial charge is 0.274 e. The van der Waals surface area contributed by atoms with E-state index in [9.17, 15) is 4.79 Å². The highest BCUT2D eigenvalue weighted by Gasteiger charge is 2.15. The van der Waals surface area contributed by atoms with Gasteiger partial charge in [0.2, 0.25) is 0 Å². The molecule has 2 rings (SSSR count). The van der Waals surface area contributed by atoms with E-state index in [2.05, 4.69) is 10.4 Å². The Morgan fingerprint density at radius 2 is 2.00 bits per heavy atom. The van der Waals surface area contributed by atoms with Gasteiger partial charge in [0.1, 0.15) is 17.2 Å². The van der Waals surface area contributed by atoms with Gasteiger partial charge in [0.05, 0.1) is 24.9 Å². The number of nitrogens with zero attached hydrogens (tertiary/aromatic N) is 2. The fourth-order valence-corrected chi connectivity index (χ4v) is 1.98. The van der Waals surface area contributed by atoms with Crippen molar-refractivity contribution in [1.29, 1.82) is 0 Å². The minimum absolute atomic E-state index is 0.301. The van der Waals surface area contributed by atoms with E-state index in [4.69, 9.17) is 21.1 Å². The average molecular weight is 296 g/mol. The van der Waals surface area contributed by atoms with Crippen LogP contribution in [0.15, 0.2) is 24.4 Å². The molecule has 0 atom stereocenters. The largest absolute Gasteiger partial charge is 0.495 e. The summed E-state index contributed by atoms with van der Waals surface area (Å²) in [5.74, 6) is 0.633. The van der Waals surface area contributed by atoms with Crippen molar-refractivity contribution in [2.75, 3.05) is 19.5 Å². The molecule has 1 aromatic carbocycles. The van der Waals surface area contributed by atoms with Gasteiger partial charge in [-0.2, -0.15) is 5.10 Å². The highest BCUT2D eigenvalue weighted by atomic mass is 35.5. The second-order valence-electron chi connectivity index (χ2n) is 3.98. The molecule has 6 nitrogen and oxygen atoms in total. The number of aromatic nitrogens is 2. The number of rotatable bonds is 4. The van der Waals surface area contributed by atoms with Crippen LogP contribution in [0.4, 0.5) is 5.69 Å². The molecule has 20 heavy (non-hydrogen) atoms. The van der Waals surface area contributed by atoms with Crippen LogP contribution in [0, 0.1) is 0 Å². The maximum Gasteiger partial charge on any atom is 0.274 e. The predicted molar refractivity (Wildman–Crippen MR) is 75.7 cm³/mol. The molecule has 2 aromatic rings. The van der Waals surface area contributed by atoms with Gasteiger partial charge in [-0.3, -0.25) is 9.48 Å². The van der Waals surface area contributed by atoms with Crippen LogP contribution in [0.25, 0.3) is 0 Å². The van der Waals surface area contributed by atoms with Crippen molar-refractivity contribution in [2.45, 2.75) is 0 Å². The molecule has 0 aliphatic rings. The number of carbonyl (C=O) groups excluding carboxylic acids is 1. The Hall–Kier alpha value is -2.21. The van der Waals surface area contributed by atoms with E-state index in [1.54, 1.807) is 31.4 Å². The second-order valence-corrected chi connectivity index (χ2v) is 4.39. The molecule has 106 valence electrons. The normalized spacial score (nSPS) is 10.2. The number of ether oxygens (including phenoxy) is 2. The summed E-state index contributed by atoms with van der Waals surface area (Å²) in [7, 11) is 4.70. The highest BCUT2D eigenvalue weighted by molar-refractivity contribution is 6.32. The van der Waals surface area contributed by atoms with Crippen molar-refractivity contribution in [2.24, 2.45) is 7.05 Å². The molecule has 1 aromatic heterocycles. The summed E-state index contributed by atoms with van der Waals surface area (Å²) in [6.07, 6.45) is 1.55. The van der Waals surface area contributed by atoms with Crippen molar-refractivity contribution in [3.63, 3.8) is 0 Å². The van der Waals surface area contributed by atoms with Crippen molar-refractivity contribution < 1.29 is 14.3 Å². The standard InChI is InChI=1S/C13H14ClN3O3/c1-17-10(4-5-15-17)13(18)16-9-6-8(14)11(19-2)7-12(9)20-3/h4-7H,1-3H3,(H,16,18). The molecule has 1 heterocycles. The topological polar surface area (TPSA) is 65.4 Å². The maximum absolute atomic E-state index is 12.1. The molecule has 7 heteroatoms. The van der Waals surface area contributed by atoms with E-state index in [-0.39, 0.29) is 5.91 Å². The van der Waals surface area contributed by atoms with E-state index in [0.29, 0.717) is 27.9 Å². The van der Waals surface area contributed by atoms with Crippen LogP contribution in [0.2, 0.25) is 5.02 Å². The summed E-state index contributed by atoms with van der Waals surface area (Å²) >= 11 is 6.05. The Labute approximate surface area is 121 Å². The summed E-state index contributed by atoms with van der Waals surface area (Å²) in [5, 5.41) is 7.06. The predicted octanol–water partition coefficient (Wildman–Crippen LogP) is 2.34. The molecule has 0 saturated carbocycles. The summed E-state index contributed by atoms with van der Waals surface area (Å²) in [6.45, 7) is 0. The van der Waals surface area contributed by atoms with Gasteiger partial charge in [-0.1, -0.05) is 11.6 Å². The van der Waals surface area contributed by atoms with Gasteiger partial charge in [0, 0.05) is 19.3 Å². The van der Waals surface area contributed by atoms with E-state index in [1.165, 1.54) is 18.9 Å². The third kappa shape index (κ3) is 2.70. The number of hydrogen-bond donors (Lipinski definition) is 1. The van der Waals surface area contributed by atoms with E-state index < -0.39 is 0 Å². The molecule has 0 bridgehead atoms. The van der Waals surface area contributed by atoms with Crippen LogP contribution in [-0.2, 0) is 7.05 Å². The lowest BCUT2D eigenvalue weighted by Crippen LogP contribution is -2.16. The summed E-state index contributed by atoms with van der Waals surface area (Å²) < 4.78 is 11.8. The lowest BCUT2D eigenvalue weighted by molar-refractivity contribution is 0.101. The number of amides is 1. The van der Waals surface area contributed by atoms with Crippen molar-refractivity contribution >= 4 is 23.2 Å². The Bertz CT molecular complexity index is 640. The van der Waals surface area contributed by atoms with Crippen LogP contribution in [0.3, 0.4) is 0 Å². The highest BCUT2D eigenvalue weighted by Crippen LogP contribution is 2.36. The number of hydrogen-bond acceptors (Lipinski definition) is 4. The van der Waals surface area contributed by atoms with Gasteiger partial charge in [0.25, 0.3) is 5.91 Å². The Morgan fingerprint density at radius 3 is 2.55 bits per heavy atom. The number of nitrogens with one attached hydrogen (secondary N) is 1. The first-order valence-electron chi connectivity index (χ1n) is 5.77. The van der Waals surface area contributed by atoms with Crippen molar-refractivity contribution in [3.8, 4) is 11.5 Å². The average Bonchev–Trinajstić information content (AvgIpc) is 2.85. The minimum Gasteiger partial charge on any atom is -0.495 e. The number of anilines is 1. The molecule has 0 spiro atoms. The van der Waals surface area contributed by atoms with Gasteiger partial charge in [-0.15, -0.1) is 0 Å². The molecule has 0 unspecified atom stereocenters. The zero-order valence-corrected chi connectivity index (χ0v) is 12.1. The first-order chi connectivity index (χ1) is 9.56. The number of carbonyl (C=O) groups is 1. The monoisotopic (exact) mass is 295 g/mol. The molecular formula is C13H14ClN3O3. The van der Waals surface area contributed by atoms with Gasteiger partial charge in [0.15, 0.2) is 0 Å². The molecule has 0 aliphatic carbocycles. The Kier molecular flexibility index (Phi) is 4.14. The summed E-state index contributed by atoms with van der Waals surface area (Å²) in [5.41, 5.74) is 0.892. The van der Waals surface area contributed by atoms with E-state index in [1.807, 2.05) is 0 Å². The fourth-order valence-electron chi connectivity index (χ4n) is 1.74. The molecular weight excluding hydrogens is 282 g/mol. The lowest BCUT2D eigenvalue weighted by Gasteiger charge is -2.13. The minimum atomic E-state index is -0.301. The van der Waals surface area contributed by atoms with Crippen LogP contribution in [0.5, 0.6) is 11.5 Å². The third-order valence-electron chi connectivity index (χ3n) is 2.78. The van der Waals surface area contributed by atoms with Crippen LogP contribution < -0.4 is 14.8 Å². The Morgan fingerprint density at radius 1 is 1.30 bits per heavy atom. The zero-order chi connectivity index (χ0) is 14.7. The number of aryl methyl sites for hydroxylation is 1. The maximum atomic E-state index is 12.1. The SMILES string of the molecule is COc1cc(OC)c(NC(=O)c2ccnn2C)cc1Cl. The lowest BCUT2D eigenvalue weighted by atomic mass is 10.2.